The van der Waals surface area contributed by atoms with Crippen molar-refractivity contribution in [2.45, 2.75) is 32.0 Å². The first-order valence-electron chi connectivity index (χ1n) is 6.77. The summed E-state index contributed by atoms with van der Waals surface area (Å²) in [5.74, 6) is -2.06. The quantitative estimate of drug-likeness (QED) is 0.868. The third-order valence-electron chi connectivity index (χ3n) is 3.00. The van der Waals surface area contributed by atoms with Crippen LogP contribution in [0.4, 0.5) is 8.78 Å². The zero-order valence-electron chi connectivity index (χ0n) is 12.4. The van der Waals surface area contributed by atoms with Crippen LogP contribution in [0.3, 0.4) is 0 Å². The topological polar surface area (TPSA) is 71.4 Å². The Kier molecular flexibility index (Phi) is 7.26. The number of rotatable bonds is 3. The van der Waals surface area contributed by atoms with Crippen molar-refractivity contribution in [2.24, 2.45) is 0 Å². The Hall–Kier alpha value is -2.20. The van der Waals surface area contributed by atoms with Gasteiger partial charge in [-0.3, -0.25) is 4.79 Å². The Morgan fingerprint density at radius 1 is 1.50 bits per heavy atom. The van der Waals surface area contributed by atoms with E-state index in [1.54, 1.807) is 0 Å². The number of hydrogen-bond acceptors (Lipinski definition) is 4. The fourth-order valence-corrected chi connectivity index (χ4v) is 1.88. The lowest BCUT2D eigenvalue weighted by Crippen LogP contribution is -2.34. The molecule has 0 aromatic heterocycles. The average molecular weight is 312 g/mol. The highest BCUT2D eigenvalue weighted by Crippen LogP contribution is 2.19. The molecule has 1 heterocycles. The monoisotopic (exact) mass is 312 g/mol. The van der Waals surface area contributed by atoms with Crippen molar-refractivity contribution in [2.75, 3.05) is 13.7 Å². The molecule has 1 saturated heterocycles. The molecule has 1 unspecified atom stereocenters. The molecular formula is C15H18F2N2O3. The minimum atomic E-state index is -0.940. The van der Waals surface area contributed by atoms with Crippen LogP contribution in [0.2, 0.25) is 0 Å². The van der Waals surface area contributed by atoms with Gasteiger partial charge < -0.3 is 14.8 Å². The van der Waals surface area contributed by atoms with Crippen LogP contribution in [-0.2, 0) is 9.53 Å². The van der Waals surface area contributed by atoms with Gasteiger partial charge in [0.1, 0.15) is 12.6 Å². The van der Waals surface area contributed by atoms with Gasteiger partial charge in [0, 0.05) is 0 Å². The van der Waals surface area contributed by atoms with Crippen LogP contribution in [0.25, 0.3) is 0 Å². The summed E-state index contributed by atoms with van der Waals surface area (Å²) in [7, 11) is 1.29. The summed E-state index contributed by atoms with van der Waals surface area (Å²) in [4.78, 5) is 11.2. The normalized spacial score (nSPS) is 19.6. The molecule has 120 valence electrons. The van der Waals surface area contributed by atoms with Gasteiger partial charge in [-0.1, -0.05) is 6.07 Å². The number of carbonyl (C=O) groups is 1. The first-order chi connectivity index (χ1) is 10.5. The lowest BCUT2D eigenvalue weighted by Gasteiger charge is -2.09. The maximum atomic E-state index is 12.5. The Balaban J connectivity index is 0.000000224. The van der Waals surface area contributed by atoms with Gasteiger partial charge in [0.15, 0.2) is 11.6 Å². The van der Waals surface area contributed by atoms with Gasteiger partial charge in [-0.25, -0.2) is 4.39 Å². The number of nitrogens with one attached hydrogen (secondary N) is 1. The van der Waals surface area contributed by atoms with Gasteiger partial charge in [-0.2, -0.15) is 9.65 Å². The highest BCUT2D eigenvalue weighted by atomic mass is 19.2. The van der Waals surface area contributed by atoms with E-state index in [1.165, 1.54) is 19.2 Å². The number of ether oxygens (including phenoxy) is 2. The molecule has 7 heteroatoms. The molecule has 5 nitrogen and oxygen atoms in total. The number of hydrogen-bond donors (Lipinski definition) is 1. The minimum Gasteiger partial charge on any atom is -0.494 e. The van der Waals surface area contributed by atoms with Crippen molar-refractivity contribution in [3.05, 3.63) is 29.8 Å². The van der Waals surface area contributed by atoms with Crippen molar-refractivity contribution in [3.8, 4) is 11.8 Å². The second-order valence-corrected chi connectivity index (χ2v) is 4.64. The van der Waals surface area contributed by atoms with Gasteiger partial charge >= 0.3 is 0 Å². The molecule has 2 rings (SSSR count). The van der Waals surface area contributed by atoms with Gasteiger partial charge in [-0.05, 0) is 31.9 Å². The third-order valence-corrected chi connectivity index (χ3v) is 3.00. The van der Waals surface area contributed by atoms with E-state index in [9.17, 15) is 13.6 Å². The van der Waals surface area contributed by atoms with Crippen LogP contribution in [0.15, 0.2) is 18.2 Å². The summed E-state index contributed by atoms with van der Waals surface area (Å²) < 4.78 is 34.6. The Morgan fingerprint density at radius 2 is 2.23 bits per heavy atom. The van der Waals surface area contributed by atoms with Crippen LogP contribution in [0, 0.1) is 23.0 Å². The largest absolute Gasteiger partial charge is 0.494 e. The summed E-state index contributed by atoms with van der Waals surface area (Å²) in [6, 6.07) is 5.63. The van der Waals surface area contributed by atoms with E-state index >= 15 is 0 Å². The predicted molar refractivity (Wildman–Crippen MR) is 75.1 cm³/mol. The fourth-order valence-electron chi connectivity index (χ4n) is 1.88. The fraction of sp³-hybridized carbons (Fsp3) is 0.467. The van der Waals surface area contributed by atoms with E-state index in [-0.39, 0.29) is 30.4 Å². The lowest BCUT2D eigenvalue weighted by molar-refractivity contribution is -0.131. The molecule has 1 amide bonds. The van der Waals surface area contributed by atoms with Gasteiger partial charge in [0.25, 0.3) is 0 Å². The minimum absolute atomic E-state index is 0.0626. The van der Waals surface area contributed by atoms with E-state index in [2.05, 4.69) is 10.1 Å². The van der Waals surface area contributed by atoms with E-state index in [4.69, 9.17) is 10.00 Å². The average Bonchev–Trinajstić information content (AvgIpc) is 2.95. The third kappa shape index (κ3) is 5.30. The SMILES string of the molecule is CC1CC[C@H](C(=O)NCC#N)O1.COc1cccc(F)c1F. The molecule has 0 saturated carbocycles. The van der Waals surface area contributed by atoms with E-state index < -0.39 is 11.6 Å². The smallest absolute Gasteiger partial charge is 0.249 e. The summed E-state index contributed by atoms with van der Waals surface area (Å²) >= 11 is 0. The van der Waals surface area contributed by atoms with Gasteiger partial charge in [0.05, 0.1) is 19.3 Å². The molecule has 22 heavy (non-hydrogen) atoms. The van der Waals surface area contributed by atoms with Crippen molar-refractivity contribution < 1.29 is 23.0 Å². The number of methoxy groups -OCH3 is 1. The highest BCUT2D eigenvalue weighted by Gasteiger charge is 2.27. The Morgan fingerprint density at radius 3 is 2.73 bits per heavy atom. The summed E-state index contributed by atoms with van der Waals surface area (Å²) in [5.41, 5.74) is 0. The van der Waals surface area contributed by atoms with Crippen molar-refractivity contribution in [1.82, 2.24) is 5.32 Å². The standard InChI is InChI=1S/C8H12N2O2.C7H6F2O/c1-6-2-3-7(12-6)8(11)10-5-4-9;1-10-6-4-2-3-5(8)7(6)9/h6-7H,2-3,5H2,1H3,(H,10,11);2-4H,1H3/t6?,7-;/m1./s1. The zero-order chi connectivity index (χ0) is 16.5. The second kappa shape index (κ2) is 8.95. The number of benzene rings is 1. The van der Waals surface area contributed by atoms with E-state index in [0.29, 0.717) is 0 Å². The molecule has 0 bridgehead atoms. The lowest BCUT2D eigenvalue weighted by atomic mass is 10.2. The number of nitriles is 1. The molecule has 1 aliphatic heterocycles. The van der Waals surface area contributed by atoms with Crippen LogP contribution in [-0.4, -0.2) is 31.8 Å². The van der Waals surface area contributed by atoms with E-state index in [0.717, 1.165) is 18.9 Å². The molecule has 1 aromatic carbocycles. The van der Waals surface area contributed by atoms with Crippen molar-refractivity contribution in [1.29, 1.82) is 5.26 Å². The summed E-state index contributed by atoms with van der Waals surface area (Å²) in [6.45, 7) is 2.00. The van der Waals surface area contributed by atoms with Crippen LogP contribution in [0.5, 0.6) is 5.75 Å². The maximum absolute atomic E-state index is 12.5. The first kappa shape index (κ1) is 17.9. The van der Waals surface area contributed by atoms with Crippen LogP contribution >= 0.6 is 0 Å². The molecule has 0 aliphatic carbocycles. The molecule has 1 aliphatic rings. The number of carbonyl (C=O) groups excluding carboxylic acids is 1. The molecule has 0 radical (unpaired) electrons. The highest BCUT2D eigenvalue weighted by molar-refractivity contribution is 5.81. The summed E-state index contributed by atoms with van der Waals surface area (Å²) in [6.07, 6.45) is 1.51. The Labute approximate surface area is 127 Å². The first-order valence-corrected chi connectivity index (χ1v) is 6.77. The molecule has 0 spiro atoms. The second-order valence-electron chi connectivity index (χ2n) is 4.64. The molecule has 1 N–H and O–H groups in total. The molecule has 1 fully saturated rings. The summed E-state index contributed by atoms with van der Waals surface area (Å²) in [5, 5.41) is 10.7. The maximum Gasteiger partial charge on any atom is 0.249 e. The zero-order valence-corrected chi connectivity index (χ0v) is 12.4. The number of nitrogens with zero attached hydrogens (tertiary/aromatic N) is 1. The molecule has 1 aromatic rings. The Bertz CT molecular complexity index is 546. The molecule has 2 atom stereocenters. The van der Waals surface area contributed by atoms with Crippen molar-refractivity contribution >= 4 is 5.91 Å². The van der Waals surface area contributed by atoms with Gasteiger partial charge in [0.2, 0.25) is 11.7 Å². The molecular weight excluding hydrogens is 294 g/mol. The number of amides is 1. The van der Waals surface area contributed by atoms with Gasteiger partial charge in [-0.15, -0.1) is 0 Å². The van der Waals surface area contributed by atoms with Crippen molar-refractivity contribution in [3.63, 3.8) is 0 Å². The van der Waals surface area contributed by atoms with Crippen LogP contribution < -0.4 is 10.1 Å². The number of halogens is 2. The van der Waals surface area contributed by atoms with E-state index in [1.807, 2.05) is 13.0 Å². The predicted octanol–water partition coefficient (Wildman–Crippen LogP) is 2.17. The van der Waals surface area contributed by atoms with Crippen LogP contribution in [0.1, 0.15) is 19.8 Å².